The highest BCUT2D eigenvalue weighted by atomic mass is 79.9. The molecular weight excluding hydrogens is 272 g/mol. The van der Waals surface area contributed by atoms with Crippen LogP contribution in [-0.2, 0) is 4.79 Å². The summed E-state index contributed by atoms with van der Waals surface area (Å²) in [7, 11) is 0. The second-order valence-electron chi connectivity index (χ2n) is 3.92. The highest BCUT2D eigenvalue weighted by molar-refractivity contribution is 9.10. The number of para-hydroxylation sites is 1. The first-order valence-corrected chi connectivity index (χ1v) is 5.90. The Bertz CT molecular complexity index is 422. The quantitative estimate of drug-likeness (QED) is 0.864. The molecular formula is C11H13BrN2O2. The second-order valence-corrected chi connectivity index (χ2v) is 4.77. The summed E-state index contributed by atoms with van der Waals surface area (Å²) < 4.78 is 0.592. The molecule has 1 atom stereocenters. The van der Waals surface area contributed by atoms with Gasteiger partial charge in [0.1, 0.15) is 0 Å². The molecule has 0 aromatic heterocycles. The molecule has 0 aliphatic carbocycles. The molecule has 0 saturated carbocycles. The number of hydrogen-bond donors (Lipinski definition) is 2. The molecule has 4 nitrogen and oxygen atoms in total. The van der Waals surface area contributed by atoms with E-state index in [4.69, 9.17) is 5.73 Å². The molecule has 0 spiro atoms. The number of amides is 1. The molecule has 1 unspecified atom stereocenters. The fourth-order valence-corrected chi connectivity index (χ4v) is 2.25. The third-order valence-electron chi connectivity index (χ3n) is 2.79. The molecule has 1 aromatic carbocycles. The Kier molecular flexibility index (Phi) is 3.16. The number of nitrogens with two attached hydrogens (primary N) is 1. The molecule has 1 heterocycles. The monoisotopic (exact) mass is 284 g/mol. The fraction of sp³-hybridized carbons (Fsp3) is 0.364. The molecule has 1 aliphatic heterocycles. The number of carbonyl (C=O) groups is 1. The van der Waals surface area contributed by atoms with Gasteiger partial charge in [-0.05, 0) is 40.5 Å². The minimum atomic E-state index is 0.0175. The number of rotatable bonds is 2. The van der Waals surface area contributed by atoms with E-state index in [1.165, 1.54) is 0 Å². The summed E-state index contributed by atoms with van der Waals surface area (Å²) in [6, 6.07) is 5.26. The molecule has 0 radical (unpaired) electrons. The van der Waals surface area contributed by atoms with Crippen LogP contribution in [0.5, 0.6) is 5.75 Å². The minimum Gasteiger partial charge on any atom is -0.505 e. The predicted molar refractivity (Wildman–Crippen MR) is 65.3 cm³/mol. The van der Waals surface area contributed by atoms with Gasteiger partial charge in [0, 0.05) is 13.0 Å². The Morgan fingerprint density at radius 1 is 1.56 bits per heavy atom. The van der Waals surface area contributed by atoms with Crippen LogP contribution in [0.1, 0.15) is 6.42 Å². The smallest absolute Gasteiger partial charge is 0.227 e. The molecule has 1 aromatic rings. The Morgan fingerprint density at radius 2 is 2.31 bits per heavy atom. The van der Waals surface area contributed by atoms with Crippen molar-refractivity contribution in [2.24, 2.45) is 11.7 Å². The van der Waals surface area contributed by atoms with Crippen molar-refractivity contribution in [3.05, 3.63) is 22.7 Å². The predicted octanol–water partition coefficient (Wildman–Crippen LogP) is 1.47. The lowest BCUT2D eigenvalue weighted by molar-refractivity contribution is -0.117. The number of carbonyl (C=O) groups excluding carboxylic acids is 1. The van der Waals surface area contributed by atoms with E-state index in [1.807, 2.05) is 0 Å². The Balaban J connectivity index is 2.31. The van der Waals surface area contributed by atoms with Gasteiger partial charge in [-0.1, -0.05) is 6.07 Å². The summed E-state index contributed by atoms with van der Waals surface area (Å²) in [5.74, 6) is 0.309. The van der Waals surface area contributed by atoms with E-state index in [0.717, 1.165) is 0 Å². The number of anilines is 1. The third-order valence-corrected chi connectivity index (χ3v) is 3.43. The zero-order valence-corrected chi connectivity index (χ0v) is 10.3. The number of benzene rings is 1. The highest BCUT2D eigenvalue weighted by Gasteiger charge is 2.31. The number of phenols is 1. The van der Waals surface area contributed by atoms with E-state index in [2.05, 4.69) is 15.9 Å². The lowest BCUT2D eigenvalue weighted by Crippen LogP contribution is -2.25. The molecule has 3 N–H and O–H groups in total. The van der Waals surface area contributed by atoms with Crippen LogP contribution in [0.4, 0.5) is 5.69 Å². The summed E-state index contributed by atoms with van der Waals surface area (Å²) >= 11 is 3.23. The van der Waals surface area contributed by atoms with Gasteiger partial charge in [-0.2, -0.15) is 0 Å². The van der Waals surface area contributed by atoms with E-state index in [1.54, 1.807) is 23.1 Å². The number of phenolic OH excluding ortho intramolecular Hbond substituents is 1. The molecule has 16 heavy (non-hydrogen) atoms. The van der Waals surface area contributed by atoms with Gasteiger partial charge in [0.15, 0.2) is 5.75 Å². The van der Waals surface area contributed by atoms with Crippen LogP contribution in [0.25, 0.3) is 0 Å². The zero-order valence-electron chi connectivity index (χ0n) is 8.69. The average molecular weight is 285 g/mol. The molecule has 1 fully saturated rings. The van der Waals surface area contributed by atoms with E-state index in [0.29, 0.717) is 29.7 Å². The van der Waals surface area contributed by atoms with E-state index in [-0.39, 0.29) is 17.6 Å². The maximum absolute atomic E-state index is 11.8. The zero-order chi connectivity index (χ0) is 11.7. The summed E-state index contributed by atoms with van der Waals surface area (Å²) in [5.41, 5.74) is 6.10. The number of nitrogens with zero attached hydrogens (tertiary/aromatic N) is 1. The Morgan fingerprint density at radius 3 is 2.94 bits per heavy atom. The van der Waals surface area contributed by atoms with Gasteiger partial charge in [0.25, 0.3) is 0 Å². The Labute approximate surface area is 102 Å². The van der Waals surface area contributed by atoms with Gasteiger partial charge in [-0.15, -0.1) is 0 Å². The summed E-state index contributed by atoms with van der Waals surface area (Å²) in [4.78, 5) is 13.3. The summed E-state index contributed by atoms with van der Waals surface area (Å²) in [6.45, 7) is 1.08. The summed E-state index contributed by atoms with van der Waals surface area (Å²) in [6.07, 6.45) is 0.461. The standard InChI is InChI=1S/C11H13BrN2O2/c12-8-2-1-3-9(11(8)16)14-6-7(5-13)4-10(14)15/h1-3,7,16H,4-6,13H2. The van der Waals surface area contributed by atoms with E-state index < -0.39 is 0 Å². The van der Waals surface area contributed by atoms with E-state index >= 15 is 0 Å². The van der Waals surface area contributed by atoms with Crippen LogP contribution in [0, 0.1) is 5.92 Å². The fourth-order valence-electron chi connectivity index (χ4n) is 1.89. The van der Waals surface area contributed by atoms with Crippen molar-refractivity contribution >= 4 is 27.5 Å². The van der Waals surface area contributed by atoms with Gasteiger partial charge in [-0.25, -0.2) is 0 Å². The van der Waals surface area contributed by atoms with E-state index in [9.17, 15) is 9.90 Å². The average Bonchev–Trinajstić information content (AvgIpc) is 2.64. The molecule has 86 valence electrons. The lowest BCUT2D eigenvalue weighted by atomic mass is 10.1. The molecule has 1 amide bonds. The SMILES string of the molecule is NCC1CC(=O)N(c2cccc(Br)c2O)C1. The molecule has 5 heteroatoms. The first-order chi connectivity index (χ1) is 7.63. The third kappa shape index (κ3) is 1.92. The van der Waals surface area contributed by atoms with Crippen molar-refractivity contribution < 1.29 is 9.90 Å². The van der Waals surface area contributed by atoms with Gasteiger partial charge in [0.05, 0.1) is 10.2 Å². The second kappa shape index (κ2) is 4.43. The van der Waals surface area contributed by atoms with Crippen LogP contribution in [0.3, 0.4) is 0 Å². The first-order valence-electron chi connectivity index (χ1n) is 5.11. The Hall–Kier alpha value is -1.07. The molecule has 2 rings (SSSR count). The van der Waals surface area contributed by atoms with Gasteiger partial charge in [0.2, 0.25) is 5.91 Å². The van der Waals surface area contributed by atoms with Crippen LogP contribution in [-0.4, -0.2) is 24.1 Å². The maximum atomic E-state index is 11.8. The number of halogens is 1. The maximum Gasteiger partial charge on any atom is 0.227 e. The van der Waals surface area contributed by atoms with Crippen molar-refractivity contribution in [1.82, 2.24) is 0 Å². The van der Waals surface area contributed by atoms with Gasteiger partial charge in [-0.3, -0.25) is 4.79 Å². The van der Waals surface area contributed by atoms with Crippen molar-refractivity contribution in [1.29, 1.82) is 0 Å². The van der Waals surface area contributed by atoms with Crippen molar-refractivity contribution in [3.63, 3.8) is 0 Å². The highest BCUT2D eigenvalue weighted by Crippen LogP contribution is 2.37. The number of hydrogen-bond acceptors (Lipinski definition) is 3. The normalized spacial score (nSPS) is 20.5. The lowest BCUT2D eigenvalue weighted by Gasteiger charge is -2.18. The van der Waals surface area contributed by atoms with Crippen molar-refractivity contribution in [2.45, 2.75) is 6.42 Å². The van der Waals surface area contributed by atoms with Gasteiger partial charge >= 0.3 is 0 Å². The molecule has 0 bridgehead atoms. The number of aromatic hydroxyl groups is 1. The van der Waals surface area contributed by atoms with Crippen LogP contribution in [0.2, 0.25) is 0 Å². The molecule has 1 saturated heterocycles. The van der Waals surface area contributed by atoms with Crippen LogP contribution in [0.15, 0.2) is 22.7 Å². The molecule has 1 aliphatic rings. The topological polar surface area (TPSA) is 66.6 Å². The van der Waals surface area contributed by atoms with Gasteiger partial charge < -0.3 is 15.7 Å². The first kappa shape index (κ1) is 11.4. The van der Waals surface area contributed by atoms with Crippen molar-refractivity contribution in [3.8, 4) is 5.75 Å². The largest absolute Gasteiger partial charge is 0.505 e. The van der Waals surface area contributed by atoms with Crippen molar-refractivity contribution in [2.75, 3.05) is 18.0 Å². The van der Waals surface area contributed by atoms with Crippen LogP contribution < -0.4 is 10.6 Å². The summed E-state index contributed by atoms with van der Waals surface area (Å²) in [5, 5.41) is 9.86. The minimum absolute atomic E-state index is 0.0175. The van der Waals surface area contributed by atoms with Crippen LogP contribution >= 0.6 is 15.9 Å².